The van der Waals surface area contributed by atoms with Crippen molar-refractivity contribution in [2.75, 3.05) is 24.3 Å². The van der Waals surface area contributed by atoms with E-state index in [2.05, 4.69) is 0 Å². The van der Waals surface area contributed by atoms with Gasteiger partial charge in [-0.2, -0.15) is 11.8 Å². The van der Waals surface area contributed by atoms with Crippen LogP contribution in [0.4, 0.5) is 0 Å². The molecule has 1 fully saturated rings. The van der Waals surface area contributed by atoms with Crippen LogP contribution >= 0.6 is 11.8 Å². The third kappa shape index (κ3) is 3.78. The van der Waals surface area contributed by atoms with Crippen molar-refractivity contribution in [1.29, 1.82) is 0 Å². The van der Waals surface area contributed by atoms with Crippen LogP contribution in [0.2, 0.25) is 0 Å². The largest absolute Gasteiger partial charge is 0.322 e. The van der Waals surface area contributed by atoms with E-state index in [-0.39, 0.29) is 5.91 Å². The molecular weight excluding hydrogens is 308 g/mol. The first-order valence-electron chi connectivity index (χ1n) is 6.70. The highest BCUT2D eigenvalue weighted by Crippen LogP contribution is 2.24. The Labute approximate surface area is 129 Å². The Hall–Kier alpha value is -1.05. The van der Waals surface area contributed by atoms with Crippen molar-refractivity contribution >= 4 is 27.5 Å². The first kappa shape index (κ1) is 16.3. The second-order valence-electron chi connectivity index (χ2n) is 5.28. The van der Waals surface area contributed by atoms with Crippen molar-refractivity contribution in [2.45, 2.75) is 18.3 Å². The van der Waals surface area contributed by atoms with Gasteiger partial charge in [0.1, 0.15) is 11.4 Å². The fourth-order valence-corrected chi connectivity index (χ4v) is 5.11. The summed E-state index contributed by atoms with van der Waals surface area (Å²) < 4.78 is 23.7. The molecule has 1 aromatic carbocycles. The average Bonchev–Trinajstić information content (AvgIpc) is 2.45. The van der Waals surface area contributed by atoms with Gasteiger partial charge in [-0.05, 0) is 12.5 Å². The average molecular weight is 328 g/mol. The number of nitrogens with zero attached hydrogens (tertiary/aromatic N) is 1. The highest BCUT2D eigenvalue weighted by Gasteiger charge is 2.36. The lowest BCUT2D eigenvalue weighted by molar-refractivity contribution is -0.133. The molecule has 2 atom stereocenters. The van der Waals surface area contributed by atoms with Gasteiger partial charge in [-0.3, -0.25) is 4.79 Å². The van der Waals surface area contributed by atoms with Crippen LogP contribution in [0.3, 0.4) is 0 Å². The summed E-state index contributed by atoms with van der Waals surface area (Å²) in [6.07, 6.45) is 1.17. The van der Waals surface area contributed by atoms with Gasteiger partial charge < -0.3 is 10.6 Å². The summed E-state index contributed by atoms with van der Waals surface area (Å²) in [5.41, 5.74) is 7.82. The number of carbonyl (C=O) groups is 1. The zero-order valence-corrected chi connectivity index (χ0v) is 13.8. The molecule has 2 rings (SSSR count). The van der Waals surface area contributed by atoms with Crippen molar-refractivity contribution < 1.29 is 13.2 Å². The molecule has 116 valence electrons. The molecule has 1 aliphatic heterocycles. The molecule has 0 aromatic heterocycles. The molecule has 7 heteroatoms. The number of rotatable bonds is 3. The van der Waals surface area contributed by atoms with E-state index in [1.807, 2.05) is 31.2 Å². The van der Waals surface area contributed by atoms with Crippen LogP contribution < -0.4 is 5.73 Å². The summed E-state index contributed by atoms with van der Waals surface area (Å²) in [6.45, 7) is 2.37. The summed E-state index contributed by atoms with van der Waals surface area (Å²) in [7, 11) is -3.31. The molecule has 21 heavy (non-hydrogen) atoms. The van der Waals surface area contributed by atoms with Gasteiger partial charge in [-0.25, -0.2) is 8.42 Å². The Morgan fingerprint density at radius 3 is 2.57 bits per heavy atom. The maximum Gasteiger partial charge on any atom is 0.245 e. The molecule has 2 N–H and O–H groups in total. The molecule has 0 saturated carbocycles. The molecule has 1 saturated heterocycles. The van der Waals surface area contributed by atoms with Gasteiger partial charge in [-0.1, -0.05) is 29.8 Å². The van der Waals surface area contributed by atoms with E-state index in [1.54, 1.807) is 11.8 Å². The molecule has 1 amide bonds. The van der Waals surface area contributed by atoms with Crippen LogP contribution in [0.15, 0.2) is 24.3 Å². The topological polar surface area (TPSA) is 80.5 Å². The number of aryl methyl sites for hydroxylation is 1. The number of hydrogen-bond donors (Lipinski definition) is 1. The van der Waals surface area contributed by atoms with Crippen LogP contribution in [0.5, 0.6) is 0 Å². The van der Waals surface area contributed by atoms with E-state index in [0.717, 1.165) is 11.3 Å². The van der Waals surface area contributed by atoms with E-state index >= 15 is 0 Å². The molecule has 2 unspecified atom stereocenters. The highest BCUT2D eigenvalue weighted by molar-refractivity contribution is 8.00. The summed E-state index contributed by atoms with van der Waals surface area (Å²) in [5, 5.41) is -0.778. The molecule has 5 nitrogen and oxygen atoms in total. The third-order valence-corrected chi connectivity index (χ3v) is 6.21. The van der Waals surface area contributed by atoms with Crippen LogP contribution in [0, 0.1) is 6.92 Å². The number of sulfone groups is 1. The molecule has 0 bridgehead atoms. The Bertz CT molecular complexity index is 614. The Morgan fingerprint density at radius 1 is 1.38 bits per heavy atom. The minimum atomic E-state index is -3.31. The van der Waals surface area contributed by atoms with Crippen LogP contribution in [0.1, 0.15) is 17.2 Å². The second-order valence-corrected chi connectivity index (χ2v) is 8.63. The van der Waals surface area contributed by atoms with Crippen LogP contribution in [-0.4, -0.2) is 48.9 Å². The van der Waals surface area contributed by atoms with Gasteiger partial charge in [0.25, 0.3) is 0 Å². The maximum absolute atomic E-state index is 12.6. The summed E-state index contributed by atoms with van der Waals surface area (Å²) in [6, 6.07) is 6.58. The zero-order valence-electron chi connectivity index (χ0n) is 12.2. The molecular formula is C14H20N2O3S2. The van der Waals surface area contributed by atoms with Crippen LogP contribution in [-0.2, 0) is 14.6 Å². The monoisotopic (exact) mass is 328 g/mol. The van der Waals surface area contributed by atoms with Crippen molar-refractivity contribution in [3.63, 3.8) is 0 Å². The number of nitrogens with two attached hydrogens (primary N) is 1. The fourth-order valence-electron chi connectivity index (χ4n) is 2.28. The molecule has 1 aliphatic rings. The summed E-state index contributed by atoms with van der Waals surface area (Å²) in [4.78, 5) is 14.0. The normalized spacial score (nSPS) is 21.1. The SMILES string of the molecule is Cc1ccc(C(N)C(=O)N2CCSCC2S(C)(=O)=O)cc1. The van der Waals surface area contributed by atoms with Gasteiger partial charge in [0.15, 0.2) is 9.84 Å². The smallest absolute Gasteiger partial charge is 0.245 e. The molecule has 0 aliphatic carbocycles. The summed E-state index contributed by atoms with van der Waals surface area (Å²) in [5.74, 6) is 0.818. The van der Waals surface area contributed by atoms with Gasteiger partial charge in [-0.15, -0.1) is 0 Å². The number of thioether (sulfide) groups is 1. The predicted octanol–water partition coefficient (Wildman–Crippen LogP) is 0.941. The number of carbonyl (C=O) groups excluding carboxylic acids is 1. The van der Waals surface area contributed by atoms with Crippen molar-refractivity contribution in [3.05, 3.63) is 35.4 Å². The second kappa shape index (κ2) is 6.37. The minimum absolute atomic E-state index is 0.324. The Morgan fingerprint density at radius 2 is 2.00 bits per heavy atom. The number of amides is 1. The number of hydrogen-bond acceptors (Lipinski definition) is 5. The molecule has 1 heterocycles. The van der Waals surface area contributed by atoms with Crippen molar-refractivity contribution in [3.8, 4) is 0 Å². The van der Waals surface area contributed by atoms with Gasteiger partial charge >= 0.3 is 0 Å². The van der Waals surface area contributed by atoms with E-state index in [4.69, 9.17) is 5.73 Å². The minimum Gasteiger partial charge on any atom is -0.322 e. The quantitative estimate of drug-likeness (QED) is 0.893. The van der Waals surface area contributed by atoms with Crippen molar-refractivity contribution in [2.24, 2.45) is 5.73 Å². The first-order chi connectivity index (χ1) is 9.80. The van der Waals surface area contributed by atoms with Crippen LogP contribution in [0.25, 0.3) is 0 Å². The van der Waals surface area contributed by atoms with Gasteiger partial charge in [0.2, 0.25) is 5.91 Å². The van der Waals surface area contributed by atoms with E-state index < -0.39 is 21.3 Å². The lowest BCUT2D eigenvalue weighted by Crippen LogP contribution is -2.52. The fraction of sp³-hybridized carbons (Fsp3) is 0.500. The van der Waals surface area contributed by atoms with E-state index in [0.29, 0.717) is 17.9 Å². The van der Waals surface area contributed by atoms with E-state index in [1.165, 1.54) is 11.2 Å². The van der Waals surface area contributed by atoms with Crippen molar-refractivity contribution in [1.82, 2.24) is 4.90 Å². The standard InChI is InChI=1S/C14H20N2O3S2/c1-10-3-5-11(6-4-10)13(15)14(17)16-7-8-20-9-12(16)21(2,18)19/h3-6,12-13H,7-9,15H2,1-2H3. The summed E-state index contributed by atoms with van der Waals surface area (Å²) >= 11 is 1.55. The third-order valence-electron chi connectivity index (χ3n) is 3.56. The number of benzene rings is 1. The Kier molecular flexibility index (Phi) is 4.95. The van der Waals surface area contributed by atoms with Gasteiger partial charge in [0.05, 0.1) is 0 Å². The molecule has 0 spiro atoms. The molecule has 1 aromatic rings. The Balaban J connectivity index is 2.22. The highest BCUT2D eigenvalue weighted by atomic mass is 32.2. The predicted molar refractivity (Wildman–Crippen MR) is 85.8 cm³/mol. The molecule has 0 radical (unpaired) electrons. The van der Waals surface area contributed by atoms with Gasteiger partial charge in [0, 0.05) is 24.3 Å². The lowest BCUT2D eigenvalue weighted by atomic mass is 10.0. The zero-order chi connectivity index (χ0) is 15.6. The first-order valence-corrected chi connectivity index (χ1v) is 9.81. The maximum atomic E-state index is 12.6. The van der Waals surface area contributed by atoms with E-state index in [9.17, 15) is 13.2 Å². The lowest BCUT2D eigenvalue weighted by Gasteiger charge is -2.35.